The first-order chi connectivity index (χ1) is 9.76. The summed E-state index contributed by atoms with van der Waals surface area (Å²) in [6.45, 7) is 2.40. The number of aliphatic hydroxyl groups excluding tert-OH is 1. The topological polar surface area (TPSA) is 64.6 Å². The number of hydrogen-bond acceptors (Lipinski definition) is 3. The number of nitrogens with zero attached hydrogens (tertiary/aromatic N) is 1. The Morgan fingerprint density at radius 1 is 1.15 bits per heavy atom. The largest absolute Gasteiger partial charge is 0.396 e. The lowest BCUT2D eigenvalue weighted by atomic mass is 10.1. The Hall–Kier alpha value is -0.810. The maximum atomic E-state index is 12.0. The molecule has 1 saturated heterocycles. The minimum atomic E-state index is -0.0415. The number of aliphatic hydroxyl groups is 1. The first kappa shape index (κ1) is 14.1. The van der Waals surface area contributed by atoms with Gasteiger partial charge in [0.05, 0.1) is 0 Å². The molecule has 0 aromatic carbocycles. The predicted octanol–water partition coefficient (Wildman–Crippen LogP) is 1.07. The van der Waals surface area contributed by atoms with Crippen LogP contribution in [0.4, 0.5) is 4.79 Å². The second-order valence-corrected chi connectivity index (χ2v) is 6.62. The van der Waals surface area contributed by atoms with E-state index >= 15 is 0 Å². The molecule has 0 radical (unpaired) electrons. The molecule has 20 heavy (non-hydrogen) atoms. The summed E-state index contributed by atoms with van der Waals surface area (Å²) in [5.41, 5.74) is 0. The van der Waals surface area contributed by atoms with E-state index in [9.17, 15) is 4.79 Å². The van der Waals surface area contributed by atoms with Crippen LogP contribution in [0.25, 0.3) is 0 Å². The van der Waals surface area contributed by atoms with Crippen LogP contribution in [0, 0.1) is 5.92 Å². The predicted molar refractivity (Wildman–Crippen MR) is 77.5 cm³/mol. The van der Waals surface area contributed by atoms with Gasteiger partial charge >= 0.3 is 6.03 Å². The Labute approximate surface area is 121 Å². The summed E-state index contributed by atoms with van der Waals surface area (Å²) in [7, 11) is 0. The van der Waals surface area contributed by atoms with Gasteiger partial charge in [0, 0.05) is 37.8 Å². The van der Waals surface area contributed by atoms with E-state index in [1.165, 1.54) is 25.7 Å². The molecular formula is C15H27N3O2. The molecule has 3 rings (SSSR count). The molecule has 3 aliphatic rings. The second-order valence-electron chi connectivity index (χ2n) is 6.62. The Kier molecular flexibility index (Phi) is 4.46. The standard InChI is InChI=1S/C15H27N3O2/c19-10-7-14(11-1-2-11)17-15(20)16-12-5-8-18(9-6-12)13-3-4-13/h11-14,19H,1-10H2,(H2,16,17,20)/t14-/m1/s1. The molecule has 0 aromatic rings. The van der Waals surface area contributed by atoms with Crippen LogP contribution in [0.3, 0.4) is 0 Å². The van der Waals surface area contributed by atoms with E-state index in [1.54, 1.807) is 0 Å². The molecule has 5 heteroatoms. The third-order valence-electron chi connectivity index (χ3n) is 4.88. The molecule has 1 heterocycles. The van der Waals surface area contributed by atoms with Crippen molar-refractivity contribution in [3.63, 3.8) is 0 Å². The molecule has 0 spiro atoms. The summed E-state index contributed by atoms with van der Waals surface area (Å²) in [5, 5.41) is 15.2. The van der Waals surface area contributed by atoms with Gasteiger partial charge < -0.3 is 20.6 Å². The fourth-order valence-electron chi connectivity index (χ4n) is 3.31. The molecule has 2 amide bonds. The van der Waals surface area contributed by atoms with Crippen molar-refractivity contribution < 1.29 is 9.90 Å². The summed E-state index contributed by atoms with van der Waals surface area (Å²) in [6.07, 6.45) is 7.91. The third kappa shape index (κ3) is 3.85. The summed E-state index contributed by atoms with van der Waals surface area (Å²) < 4.78 is 0. The van der Waals surface area contributed by atoms with Crippen molar-refractivity contribution >= 4 is 6.03 Å². The number of rotatable bonds is 6. The van der Waals surface area contributed by atoms with E-state index in [4.69, 9.17) is 5.11 Å². The zero-order valence-electron chi connectivity index (χ0n) is 12.2. The monoisotopic (exact) mass is 281 g/mol. The zero-order valence-corrected chi connectivity index (χ0v) is 12.2. The number of hydrogen-bond donors (Lipinski definition) is 3. The average Bonchev–Trinajstić information content (AvgIpc) is 3.29. The van der Waals surface area contributed by atoms with E-state index in [0.717, 1.165) is 32.0 Å². The van der Waals surface area contributed by atoms with Gasteiger partial charge in [-0.05, 0) is 50.9 Å². The fraction of sp³-hybridized carbons (Fsp3) is 0.933. The van der Waals surface area contributed by atoms with Gasteiger partial charge in [-0.25, -0.2) is 4.79 Å². The smallest absolute Gasteiger partial charge is 0.315 e. The van der Waals surface area contributed by atoms with Crippen LogP contribution in [-0.4, -0.2) is 53.9 Å². The van der Waals surface area contributed by atoms with Crippen LogP contribution in [0.2, 0.25) is 0 Å². The van der Waals surface area contributed by atoms with E-state index in [2.05, 4.69) is 15.5 Å². The van der Waals surface area contributed by atoms with Gasteiger partial charge in [-0.15, -0.1) is 0 Å². The molecule has 3 N–H and O–H groups in total. The van der Waals surface area contributed by atoms with E-state index in [1.807, 2.05) is 0 Å². The third-order valence-corrected chi connectivity index (χ3v) is 4.88. The van der Waals surface area contributed by atoms with Crippen molar-refractivity contribution in [1.82, 2.24) is 15.5 Å². The van der Waals surface area contributed by atoms with Crippen molar-refractivity contribution in [3.05, 3.63) is 0 Å². The lowest BCUT2D eigenvalue weighted by molar-refractivity contribution is 0.183. The van der Waals surface area contributed by atoms with Gasteiger partial charge in [0.25, 0.3) is 0 Å². The summed E-state index contributed by atoms with van der Waals surface area (Å²) >= 11 is 0. The SMILES string of the molecule is O=C(NC1CCN(C2CC2)CC1)N[C@H](CCO)C1CC1. The second kappa shape index (κ2) is 6.31. The van der Waals surface area contributed by atoms with Crippen molar-refractivity contribution in [2.24, 2.45) is 5.92 Å². The minimum Gasteiger partial charge on any atom is -0.396 e. The Morgan fingerprint density at radius 2 is 1.85 bits per heavy atom. The van der Waals surface area contributed by atoms with Gasteiger partial charge in [-0.1, -0.05) is 0 Å². The first-order valence-electron chi connectivity index (χ1n) is 8.18. The maximum absolute atomic E-state index is 12.0. The van der Waals surface area contributed by atoms with Gasteiger partial charge in [0.1, 0.15) is 0 Å². The van der Waals surface area contributed by atoms with E-state index in [0.29, 0.717) is 18.4 Å². The molecule has 0 unspecified atom stereocenters. The number of carbonyl (C=O) groups excluding carboxylic acids is 1. The van der Waals surface area contributed by atoms with Crippen LogP contribution < -0.4 is 10.6 Å². The maximum Gasteiger partial charge on any atom is 0.315 e. The molecule has 5 nitrogen and oxygen atoms in total. The number of likely N-dealkylation sites (tertiary alicyclic amines) is 1. The molecule has 114 valence electrons. The van der Waals surface area contributed by atoms with Crippen LogP contribution in [0.1, 0.15) is 44.9 Å². The van der Waals surface area contributed by atoms with Crippen LogP contribution >= 0.6 is 0 Å². The van der Waals surface area contributed by atoms with Gasteiger partial charge in [0.15, 0.2) is 0 Å². The van der Waals surface area contributed by atoms with Crippen LogP contribution in [0.15, 0.2) is 0 Å². The quantitative estimate of drug-likeness (QED) is 0.682. The lowest BCUT2D eigenvalue weighted by Crippen LogP contribution is -2.50. The van der Waals surface area contributed by atoms with E-state index in [-0.39, 0.29) is 18.7 Å². The van der Waals surface area contributed by atoms with E-state index < -0.39 is 0 Å². The Balaban J connectivity index is 1.37. The number of carbonyl (C=O) groups is 1. The van der Waals surface area contributed by atoms with Crippen molar-refractivity contribution in [3.8, 4) is 0 Å². The molecule has 1 aliphatic heterocycles. The van der Waals surface area contributed by atoms with Gasteiger partial charge in [-0.2, -0.15) is 0 Å². The number of piperidine rings is 1. The average molecular weight is 281 g/mol. The zero-order chi connectivity index (χ0) is 13.9. The highest BCUT2D eigenvalue weighted by atomic mass is 16.3. The molecular weight excluding hydrogens is 254 g/mol. The number of urea groups is 1. The Morgan fingerprint density at radius 3 is 2.40 bits per heavy atom. The van der Waals surface area contributed by atoms with Crippen molar-refractivity contribution in [1.29, 1.82) is 0 Å². The molecule has 3 fully saturated rings. The van der Waals surface area contributed by atoms with Crippen molar-refractivity contribution in [2.75, 3.05) is 19.7 Å². The van der Waals surface area contributed by atoms with Gasteiger partial charge in [-0.3, -0.25) is 0 Å². The summed E-state index contributed by atoms with van der Waals surface area (Å²) in [5.74, 6) is 0.588. The lowest BCUT2D eigenvalue weighted by Gasteiger charge is -2.32. The molecule has 2 saturated carbocycles. The summed E-state index contributed by atoms with van der Waals surface area (Å²) in [4.78, 5) is 14.6. The number of nitrogens with one attached hydrogen (secondary N) is 2. The molecule has 2 aliphatic carbocycles. The van der Waals surface area contributed by atoms with Gasteiger partial charge in [0.2, 0.25) is 0 Å². The van der Waals surface area contributed by atoms with Crippen LogP contribution in [-0.2, 0) is 0 Å². The molecule has 1 atom stereocenters. The normalized spacial score (nSPS) is 26.2. The van der Waals surface area contributed by atoms with Crippen LogP contribution in [0.5, 0.6) is 0 Å². The fourth-order valence-corrected chi connectivity index (χ4v) is 3.31. The highest BCUT2D eigenvalue weighted by molar-refractivity contribution is 5.74. The molecule has 0 bridgehead atoms. The summed E-state index contributed by atoms with van der Waals surface area (Å²) in [6, 6.07) is 1.28. The first-order valence-corrected chi connectivity index (χ1v) is 8.18. The highest BCUT2D eigenvalue weighted by Crippen LogP contribution is 2.34. The molecule has 0 aromatic heterocycles. The Bertz CT molecular complexity index is 334. The highest BCUT2D eigenvalue weighted by Gasteiger charge is 2.34. The number of amides is 2. The van der Waals surface area contributed by atoms with Crippen molar-refractivity contribution in [2.45, 2.75) is 63.1 Å². The minimum absolute atomic E-state index is 0.0415.